The van der Waals surface area contributed by atoms with E-state index in [0.29, 0.717) is 35.7 Å². The number of carbonyl (C=O) groups is 3. The first kappa shape index (κ1) is 22.4. The van der Waals surface area contributed by atoms with Gasteiger partial charge >= 0.3 is 12.0 Å². The van der Waals surface area contributed by atoms with Crippen LogP contribution in [0.1, 0.15) is 30.5 Å². The first-order valence-electron chi connectivity index (χ1n) is 11.1. The van der Waals surface area contributed by atoms with Crippen molar-refractivity contribution in [1.29, 1.82) is 0 Å². The molecule has 0 saturated heterocycles. The molecule has 2 aliphatic heterocycles. The van der Waals surface area contributed by atoms with Crippen LogP contribution >= 0.6 is 0 Å². The van der Waals surface area contributed by atoms with Crippen molar-refractivity contribution in [2.45, 2.75) is 25.8 Å². The topological polar surface area (TPSA) is 97.0 Å². The van der Waals surface area contributed by atoms with E-state index in [1.54, 1.807) is 12.1 Å². The van der Waals surface area contributed by atoms with Crippen molar-refractivity contribution >= 4 is 17.9 Å². The van der Waals surface area contributed by atoms with Gasteiger partial charge < -0.3 is 20.1 Å². The van der Waals surface area contributed by atoms with Crippen LogP contribution in [0.5, 0.6) is 5.75 Å². The van der Waals surface area contributed by atoms with Crippen molar-refractivity contribution in [3.63, 3.8) is 0 Å². The fourth-order valence-corrected chi connectivity index (χ4v) is 4.08. The molecule has 0 fully saturated rings. The molecule has 4 rings (SSSR count). The molecule has 8 nitrogen and oxygen atoms in total. The lowest BCUT2D eigenvalue weighted by Gasteiger charge is -2.33. The molecule has 2 aliphatic rings. The van der Waals surface area contributed by atoms with Crippen LogP contribution in [0.15, 0.2) is 65.9 Å². The molecule has 172 valence electrons. The number of hydrogen-bond donors (Lipinski definition) is 2. The quantitative estimate of drug-likeness (QED) is 0.453. The van der Waals surface area contributed by atoms with E-state index >= 15 is 0 Å². The summed E-state index contributed by atoms with van der Waals surface area (Å²) in [4.78, 5) is 39.3. The fraction of sp³-hybridized carbons (Fsp3) is 0.320. The highest BCUT2D eigenvalue weighted by molar-refractivity contribution is 5.98. The Morgan fingerprint density at radius 1 is 1.15 bits per heavy atom. The third-order valence-corrected chi connectivity index (χ3v) is 5.64. The second-order valence-electron chi connectivity index (χ2n) is 7.82. The fourth-order valence-electron chi connectivity index (χ4n) is 4.08. The maximum absolute atomic E-state index is 12.9. The van der Waals surface area contributed by atoms with Gasteiger partial charge in [0.25, 0.3) is 0 Å². The van der Waals surface area contributed by atoms with Crippen LogP contribution in [-0.2, 0) is 20.7 Å². The Morgan fingerprint density at radius 3 is 2.70 bits per heavy atom. The summed E-state index contributed by atoms with van der Waals surface area (Å²) in [5.74, 6) is -0.214. The number of ether oxygens (including phenoxy) is 2. The molecular formula is C25H27N3O5. The summed E-state index contributed by atoms with van der Waals surface area (Å²) in [5.41, 5.74) is 2.62. The van der Waals surface area contributed by atoms with Crippen molar-refractivity contribution in [2.75, 3.05) is 26.3 Å². The smallest absolute Gasteiger partial charge is 0.338 e. The predicted molar refractivity (Wildman–Crippen MR) is 121 cm³/mol. The second-order valence-corrected chi connectivity index (χ2v) is 7.82. The first-order valence-corrected chi connectivity index (χ1v) is 11.1. The van der Waals surface area contributed by atoms with Crippen molar-refractivity contribution in [2.24, 2.45) is 0 Å². The van der Waals surface area contributed by atoms with Crippen LogP contribution in [0.2, 0.25) is 0 Å². The van der Waals surface area contributed by atoms with E-state index in [4.69, 9.17) is 9.47 Å². The van der Waals surface area contributed by atoms with E-state index < -0.39 is 18.0 Å². The lowest BCUT2D eigenvalue weighted by atomic mass is 9.95. The van der Waals surface area contributed by atoms with Crippen LogP contribution in [0.25, 0.3) is 0 Å². The van der Waals surface area contributed by atoms with Gasteiger partial charge in [-0.25, -0.2) is 9.59 Å². The van der Waals surface area contributed by atoms with Crippen LogP contribution in [-0.4, -0.2) is 49.1 Å². The summed E-state index contributed by atoms with van der Waals surface area (Å²) in [6, 6.07) is 16.1. The summed E-state index contributed by atoms with van der Waals surface area (Å²) in [6.07, 6.45) is 1.64. The monoisotopic (exact) mass is 449 g/mol. The van der Waals surface area contributed by atoms with Gasteiger partial charge in [0.1, 0.15) is 18.9 Å². The number of nitrogens with one attached hydrogen (secondary N) is 2. The normalized spacial score (nSPS) is 17.4. The molecular weight excluding hydrogens is 422 g/mol. The molecule has 0 radical (unpaired) electrons. The number of rotatable bonds is 9. The van der Waals surface area contributed by atoms with Gasteiger partial charge in [-0.15, -0.1) is 0 Å². The summed E-state index contributed by atoms with van der Waals surface area (Å²) in [5, 5.41) is 5.70. The molecule has 1 atom stereocenters. The number of para-hydroxylation sites is 1. The highest BCUT2D eigenvalue weighted by Crippen LogP contribution is 2.38. The third-order valence-electron chi connectivity index (χ3n) is 5.64. The molecule has 0 unspecified atom stereocenters. The predicted octanol–water partition coefficient (Wildman–Crippen LogP) is 2.71. The third kappa shape index (κ3) is 5.00. The van der Waals surface area contributed by atoms with Crippen molar-refractivity contribution < 1.29 is 23.9 Å². The van der Waals surface area contributed by atoms with E-state index in [9.17, 15) is 14.4 Å². The summed E-state index contributed by atoms with van der Waals surface area (Å²) < 4.78 is 10.9. The number of aryl methyl sites for hydroxylation is 1. The number of amides is 3. The molecule has 0 aromatic heterocycles. The Bertz CT molecular complexity index is 1070. The second kappa shape index (κ2) is 10.2. The molecule has 0 saturated carbocycles. The van der Waals surface area contributed by atoms with Crippen LogP contribution in [0, 0.1) is 0 Å². The zero-order valence-corrected chi connectivity index (χ0v) is 18.5. The van der Waals surface area contributed by atoms with Crippen LogP contribution in [0.4, 0.5) is 4.79 Å². The minimum atomic E-state index is -0.699. The maximum Gasteiger partial charge on any atom is 0.338 e. The minimum Gasteiger partial charge on any atom is -0.494 e. The van der Waals surface area contributed by atoms with Crippen LogP contribution < -0.4 is 15.4 Å². The average molecular weight is 450 g/mol. The number of urea groups is 1. The van der Waals surface area contributed by atoms with Gasteiger partial charge in [0.2, 0.25) is 5.91 Å². The SMILES string of the molecule is CCOc1ccccc1[C@@H]1NC(=O)N(CC(=O)NCCCc2ccccc2)C2=C1C(=O)OC2. The van der Waals surface area contributed by atoms with Crippen molar-refractivity contribution in [3.8, 4) is 5.75 Å². The van der Waals surface area contributed by atoms with Gasteiger partial charge in [0, 0.05) is 12.1 Å². The zero-order valence-electron chi connectivity index (χ0n) is 18.5. The molecule has 33 heavy (non-hydrogen) atoms. The Morgan fingerprint density at radius 2 is 1.91 bits per heavy atom. The lowest BCUT2D eigenvalue weighted by molar-refractivity contribution is -0.136. The average Bonchev–Trinajstić information content (AvgIpc) is 3.21. The number of benzene rings is 2. The van der Waals surface area contributed by atoms with Crippen molar-refractivity contribution in [3.05, 3.63) is 77.0 Å². The Balaban J connectivity index is 1.44. The molecule has 3 amide bonds. The highest BCUT2D eigenvalue weighted by atomic mass is 16.5. The zero-order chi connectivity index (χ0) is 23.2. The molecule has 0 aliphatic carbocycles. The molecule has 2 aromatic rings. The van der Waals surface area contributed by atoms with Gasteiger partial charge in [-0.3, -0.25) is 9.69 Å². The van der Waals surface area contributed by atoms with Gasteiger partial charge in [-0.1, -0.05) is 48.5 Å². The Kier molecular flexibility index (Phi) is 6.92. The van der Waals surface area contributed by atoms with Crippen LogP contribution in [0.3, 0.4) is 0 Å². The first-order chi connectivity index (χ1) is 16.1. The van der Waals surface area contributed by atoms with E-state index in [1.165, 1.54) is 10.5 Å². The molecule has 2 aromatic carbocycles. The number of carbonyl (C=O) groups excluding carboxylic acids is 3. The summed E-state index contributed by atoms with van der Waals surface area (Å²) in [7, 11) is 0. The van der Waals surface area contributed by atoms with Gasteiger partial charge in [-0.05, 0) is 31.4 Å². The van der Waals surface area contributed by atoms with E-state index in [-0.39, 0.29) is 19.1 Å². The standard InChI is InChI=1S/C25H27N3O5/c1-2-32-20-13-7-6-12-18(20)23-22-19(16-33-24(22)30)28(25(31)27-23)15-21(29)26-14-8-11-17-9-4-3-5-10-17/h3-7,9-10,12-13,23H,2,8,11,14-16H2,1H3,(H,26,29)(H,27,31)/t23-/m0/s1. The molecule has 2 heterocycles. The van der Waals surface area contributed by atoms with Gasteiger partial charge in [-0.2, -0.15) is 0 Å². The minimum absolute atomic E-state index is 0.0455. The van der Waals surface area contributed by atoms with E-state index in [0.717, 1.165) is 12.8 Å². The maximum atomic E-state index is 12.9. The number of nitrogens with zero attached hydrogens (tertiary/aromatic N) is 1. The van der Waals surface area contributed by atoms with Crippen molar-refractivity contribution in [1.82, 2.24) is 15.5 Å². The highest BCUT2D eigenvalue weighted by Gasteiger charge is 2.43. The summed E-state index contributed by atoms with van der Waals surface area (Å²) >= 11 is 0. The van der Waals surface area contributed by atoms with Gasteiger partial charge in [0.15, 0.2) is 0 Å². The Labute approximate surface area is 192 Å². The number of esters is 1. The molecule has 8 heteroatoms. The van der Waals surface area contributed by atoms with E-state index in [1.807, 2.05) is 49.4 Å². The molecule has 0 spiro atoms. The lowest BCUT2D eigenvalue weighted by Crippen LogP contribution is -2.50. The molecule has 0 bridgehead atoms. The molecule has 2 N–H and O–H groups in total. The van der Waals surface area contributed by atoms with E-state index in [2.05, 4.69) is 10.6 Å². The summed E-state index contributed by atoms with van der Waals surface area (Å²) in [6.45, 7) is 2.58. The number of hydrogen-bond acceptors (Lipinski definition) is 5. The largest absolute Gasteiger partial charge is 0.494 e. The van der Waals surface area contributed by atoms with Gasteiger partial charge in [0.05, 0.1) is 23.9 Å². The Hall–Kier alpha value is -3.81. The number of cyclic esters (lactones) is 1.